The SMILES string of the molecule is O=C(Cc1ccc(Br)c(F)c1)NS(=O)(=O)c1cccc(-n2cnnn2)c1. The summed E-state index contributed by atoms with van der Waals surface area (Å²) in [6, 6.07) is 9.91. The zero-order valence-corrected chi connectivity index (χ0v) is 15.4. The Morgan fingerprint density at radius 3 is 2.73 bits per heavy atom. The molecule has 1 aromatic heterocycles. The number of tetrazole rings is 1. The maximum absolute atomic E-state index is 13.5. The molecule has 1 amide bonds. The highest BCUT2D eigenvalue weighted by Gasteiger charge is 2.19. The lowest BCUT2D eigenvalue weighted by Crippen LogP contribution is -2.31. The first-order chi connectivity index (χ1) is 12.3. The maximum Gasteiger partial charge on any atom is 0.264 e. The number of carbonyl (C=O) groups is 1. The van der Waals surface area contributed by atoms with Gasteiger partial charge in [-0.25, -0.2) is 22.2 Å². The molecule has 1 N–H and O–H groups in total. The summed E-state index contributed by atoms with van der Waals surface area (Å²) in [5, 5.41) is 10.6. The number of benzene rings is 2. The van der Waals surface area contributed by atoms with Crippen LogP contribution >= 0.6 is 15.9 Å². The monoisotopic (exact) mass is 439 g/mol. The molecule has 0 aliphatic carbocycles. The lowest BCUT2D eigenvalue weighted by Gasteiger charge is -2.08. The van der Waals surface area contributed by atoms with E-state index in [0.717, 1.165) is 6.07 Å². The molecule has 0 saturated heterocycles. The minimum atomic E-state index is -4.10. The van der Waals surface area contributed by atoms with Crippen LogP contribution < -0.4 is 4.72 Å². The molecule has 0 saturated carbocycles. The second kappa shape index (κ2) is 7.30. The predicted molar refractivity (Wildman–Crippen MR) is 92.3 cm³/mol. The van der Waals surface area contributed by atoms with Gasteiger partial charge in [-0.1, -0.05) is 12.1 Å². The quantitative estimate of drug-likeness (QED) is 0.646. The van der Waals surface area contributed by atoms with Crippen LogP contribution in [0.3, 0.4) is 0 Å². The average Bonchev–Trinajstić information content (AvgIpc) is 3.12. The van der Waals surface area contributed by atoms with Crippen molar-refractivity contribution in [2.45, 2.75) is 11.3 Å². The van der Waals surface area contributed by atoms with Gasteiger partial charge in [0.1, 0.15) is 12.1 Å². The molecule has 26 heavy (non-hydrogen) atoms. The van der Waals surface area contributed by atoms with Gasteiger partial charge >= 0.3 is 0 Å². The number of hydrogen-bond donors (Lipinski definition) is 1. The van der Waals surface area contributed by atoms with E-state index in [0.29, 0.717) is 11.3 Å². The van der Waals surface area contributed by atoms with Gasteiger partial charge in [0.15, 0.2) is 0 Å². The van der Waals surface area contributed by atoms with Crippen LogP contribution in [0.25, 0.3) is 5.69 Å². The third-order valence-electron chi connectivity index (χ3n) is 3.34. The number of aromatic nitrogens is 4. The van der Waals surface area contributed by atoms with Crippen molar-refractivity contribution < 1.29 is 17.6 Å². The Kier molecular flexibility index (Phi) is 5.09. The number of hydrogen-bond acceptors (Lipinski definition) is 6. The number of sulfonamides is 1. The van der Waals surface area contributed by atoms with Crippen LogP contribution in [0.2, 0.25) is 0 Å². The summed E-state index contributed by atoms with van der Waals surface area (Å²) in [7, 11) is -4.10. The van der Waals surface area contributed by atoms with E-state index in [9.17, 15) is 17.6 Å². The minimum Gasteiger partial charge on any atom is -0.274 e. The summed E-state index contributed by atoms with van der Waals surface area (Å²) < 4.78 is 41.8. The number of carbonyl (C=O) groups excluding carboxylic acids is 1. The van der Waals surface area contributed by atoms with Gasteiger partial charge in [-0.3, -0.25) is 4.79 Å². The topological polar surface area (TPSA) is 107 Å². The Balaban J connectivity index is 1.77. The normalized spacial score (nSPS) is 11.3. The molecular formula is C15H11BrFN5O3S. The molecule has 134 valence electrons. The zero-order chi connectivity index (χ0) is 18.7. The molecule has 3 aromatic rings. The van der Waals surface area contributed by atoms with E-state index in [1.54, 1.807) is 6.07 Å². The van der Waals surface area contributed by atoms with E-state index in [1.807, 2.05) is 4.72 Å². The Morgan fingerprint density at radius 2 is 2.04 bits per heavy atom. The fraction of sp³-hybridized carbons (Fsp3) is 0.0667. The van der Waals surface area contributed by atoms with Gasteiger partial charge in [-0.05, 0) is 62.3 Å². The lowest BCUT2D eigenvalue weighted by molar-refractivity contribution is -0.118. The van der Waals surface area contributed by atoms with Gasteiger partial charge in [0.2, 0.25) is 5.91 Å². The fourth-order valence-corrected chi connectivity index (χ4v) is 3.42. The second-order valence-electron chi connectivity index (χ2n) is 5.21. The molecule has 0 atom stereocenters. The molecule has 0 fully saturated rings. The number of amides is 1. The van der Waals surface area contributed by atoms with Crippen LogP contribution in [0, 0.1) is 5.82 Å². The Hall–Kier alpha value is -2.66. The van der Waals surface area contributed by atoms with Gasteiger partial charge in [0.25, 0.3) is 10.0 Å². The summed E-state index contributed by atoms with van der Waals surface area (Å²) in [5.74, 6) is -1.31. The molecule has 0 aliphatic heterocycles. The molecule has 0 aliphatic rings. The van der Waals surface area contributed by atoms with E-state index in [2.05, 4.69) is 31.5 Å². The van der Waals surface area contributed by atoms with E-state index >= 15 is 0 Å². The van der Waals surface area contributed by atoms with E-state index < -0.39 is 21.7 Å². The van der Waals surface area contributed by atoms with Gasteiger partial charge in [0, 0.05) is 0 Å². The average molecular weight is 440 g/mol. The first-order valence-corrected chi connectivity index (χ1v) is 9.46. The third-order valence-corrected chi connectivity index (χ3v) is 5.35. The molecule has 2 aromatic carbocycles. The highest BCUT2D eigenvalue weighted by atomic mass is 79.9. The highest BCUT2D eigenvalue weighted by molar-refractivity contribution is 9.10. The molecule has 0 bridgehead atoms. The van der Waals surface area contributed by atoms with Crippen molar-refractivity contribution >= 4 is 31.9 Å². The van der Waals surface area contributed by atoms with Crippen molar-refractivity contribution in [3.63, 3.8) is 0 Å². The van der Waals surface area contributed by atoms with Crippen molar-refractivity contribution in [1.82, 2.24) is 24.9 Å². The zero-order valence-electron chi connectivity index (χ0n) is 13.0. The van der Waals surface area contributed by atoms with E-state index in [1.165, 1.54) is 41.3 Å². The highest BCUT2D eigenvalue weighted by Crippen LogP contribution is 2.17. The summed E-state index contributed by atoms with van der Waals surface area (Å²) in [4.78, 5) is 11.9. The van der Waals surface area contributed by atoms with Gasteiger partial charge in [-0.2, -0.15) is 0 Å². The van der Waals surface area contributed by atoms with Crippen LogP contribution in [-0.2, 0) is 21.2 Å². The van der Waals surface area contributed by atoms with Crippen molar-refractivity contribution in [3.05, 3.63) is 64.6 Å². The van der Waals surface area contributed by atoms with Crippen LogP contribution in [-0.4, -0.2) is 34.5 Å². The molecule has 0 radical (unpaired) electrons. The summed E-state index contributed by atoms with van der Waals surface area (Å²) >= 11 is 3.01. The molecule has 3 rings (SSSR count). The van der Waals surface area contributed by atoms with Gasteiger partial charge < -0.3 is 0 Å². The third kappa shape index (κ3) is 4.11. The summed E-state index contributed by atoms with van der Waals surface area (Å²) in [6.07, 6.45) is 1.03. The van der Waals surface area contributed by atoms with Crippen molar-refractivity contribution in [1.29, 1.82) is 0 Å². The molecule has 1 heterocycles. The molecule has 8 nitrogen and oxygen atoms in total. The van der Waals surface area contributed by atoms with Crippen molar-refractivity contribution in [3.8, 4) is 5.69 Å². The predicted octanol–water partition coefficient (Wildman–Crippen LogP) is 1.61. The number of nitrogens with zero attached hydrogens (tertiary/aromatic N) is 4. The number of halogens is 2. The number of nitrogens with one attached hydrogen (secondary N) is 1. The van der Waals surface area contributed by atoms with Crippen LogP contribution in [0.15, 0.2) is 58.2 Å². The van der Waals surface area contributed by atoms with Crippen LogP contribution in [0.5, 0.6) is 0 Å². The van der Waals surface area contributed by atoms with E-state index in [4.69, 9.17) is 0 Å². The van der Waals surface area contributed by atoms with Crippen LogP contribution in [0.1, 0.15) is 5.56 Å². The molecule has 0 spiro atoms. The summed E-state index contributed by atoms with van der Waals surface area (Å²) in [6.45, 7) is 0. The number of rotatable bonds is 5. The van der Waals surface area contributed by atoms with Crippen molar-refractivity contribution in [2.75, 3.05) is 0 Å². The molecule has 0 unspecified atom stereocenters. The maximum atomic E-state index is 13.5. The standard InChI is InChI=1S/C15H11BrFN5O3S/c16-13-5-4-10(6-14(13)17)7-15(23)19-26(24,25)12-3-1-2-11(8-12)22-9-18-20-21-22/h1-6,8-9H,7H2,(H,19,23). The van der Waals surface area contributed by atoms with Crippen molar-refractivity contribution in [2.24, 2.45) is 0 Å². The largest absolute Gasteiger partial charge is 0.274 e. The minimum absolute atomic E-state index is 0.124. The molecular weight excluding hydrogens is 429 g/mol. The first kappa shape index (κ1) is 18.1. The molecule has 11 heteroatoms. The lowest BCUT2D eigenvalue weighted by atomic mass is 10.1. The second-order valence-corrected chi connectivity index (χ2v) is 7.74. The smallest absolute Gasteiger partial charge is 0.264 e. The Morgan fingerprint density at radius 1 is 1.23 bits per heavy atom. The van der Waals surface area contributed by atoms with Gasteiger partial charge in [-0.15, -0.1) is 5.10 Å². The summed E-state index contributed by atoms with van der Waals surface area (Å²) in [5.41, 5.74) is 0.765. The first-order valence-electron chi connectivity index (χ1n) is 7.18. The van der Waals surface area contributed by atoms with Gasteiger partial charge in [0.05, 0.1) is 21.5 Å². The Labute approximate surface area is 156 Å². The van der Waals surface area contributed by atoms with E-state index in [-0.39, 0.29) is 15.8 Å². The fourth-order valence-electron chi connectivity index (χ4n) is 2.15. The van der Waals surface area contributed by atoms with Crippen LogP contribution in [0.4, 0.5) is 4.39 Å². The Bertz CT molecular complexity index is 1060.